The van der Waals surface area contributed by atoms with Crippen molar-refractivity contribution in [2.45, 2.75) is 333 Å². The zero-order valence-electron chi connectivity index (χ0n) is 51.9. The van der Waals surface area contributed by atoms with Gasteiger partial charge < -0.3 is 45.1 Å². The summed E-state index contributed by atoms with van der Waals surface area (Å²) in [4.78, 5) is 26.6. The number of rotatable bonds is 56. The van der Waals surface area contributed by atoms with E-state index >= 15 is 0 Å². The van der Waals surface area contributed by atoms with Crippen LogP contribution in [0.4, 0.5) is 0 Å². The normalized spacial score (nSPS) is 19.2. The predicted molar refractivity (Wildman–Crippen MR) is 338 cm³/mol. The maximum atomic E-state index is 13.4. The van der Waals surface area contributed by atoms with Gasteiger partial charge in [0.05, 0.1) is 25.4 Å². The van der Waals surface area contributed by atoms with E-state index in [2.05, 4.69) is 86.8 Å². The summed E-state index contributed by atoms with van der Waals surface area (Å²) in [6.07, 6.45) is 65.0. The van der Waals surface area contributed by atoms with Crippen LogP contribution < -0.4 is 5.32 Å². The largest absolute Gasteiger partial charge is 0.454 e. The number of carbonyl (C=O) groups is 2. The molecule has 8 unspecified atom stereocenters. The molecule has 1 rings (SSSR count). The Bertz CT molecular complexity index is 1640. The molecule has 6 N–H and O–H groups in total. The van der Waals surface area contributed by atoms with Crippen LogP contribution in [0.2, 0.25) is 0 Å². The van der Waals surface area contributed by atoms with Gasteiger partial charge in [-0.25, -0.2) is 0 Å². The zero-order valence-corrected chi connectivity index (χ0v) is 51.9. The monoisotopic (exact) mass is 1140 g/mol. The van der Waals surface area contributed by atoms with Gasteiger partial charge in [-0.3, -0.25) is 9.59 Å². The van der Waals surface area contributed by atoms with Gasteiger partial charge >= 0.3 is 5.97 Å². The smallest absolute Gasteiger partial charge is 0.306 e. The highest BCUT2D eigenvalue weighted by atomic mass is 16.7. The highest BCUT2D eigenvalue weighted by Gasteiger charge is 2.47. The number of unbranched alkanes of at least 4 members (excludes halogenated alkanes) is 30. The lowest BCUT2D eigenvalue weighted by Gasteiger charge is -2.41. The number of aliphatic hydroxyl groups excluding tert-OH is 5. The summed E-state index contributed by atoms with van der Waals surface area (Å²) >= 11 is 0. The number of nitrogens with one attached hydrogen (secondary N) is 1. The second-order valence-corrected chi connectivity index (χ2v) is 22.8. The molecule has 468 valence electrons. The molecule has 0 aliphatic carbocycles. The van der Waals surface area contributed by atoms with E-state index in [1.54, 1.807) is 6.08 Å². The molecule has 11 heteroatoms. The average Bonchev–Trinajstić information content (AvgIpc) is 3.50. The van der Waals surface area contributed by atoms with E-state index in [0.29, 0.717) is 12.8 Å². The molecule has 1 saturated heterocycles. The number of esters is 1. The molecule has 0 bridgehead atoms. The molecule has 0 radical (unpaired) electrons. The summed E-state index contributed by atoms with van der Waals surface area (Å²) in [5.74, 6) is -1.25. The maximum absolute atomic E-state index is 13.4. The first-order chi connectivity index (χ1) is 39.7. The number of aliphatic hydroxyl groups is 5. The first-order valence-corrected chi connectivity index (χ1v) is 33.4. The van der Waals surface area contributed by atoms with Crippen LogP contribution >= 0.6 is 0 Å². The van der Waals surface area contributed by atoms with Crippen molar-refractivity contribution in [2.24, 2.45) is 0 Å². The standard InChI is InChI=1S/C70H123NO10/c1-4-7-10-13-16-19-22-24-26-28-29-30-31-32-33-34-35-36-38-40-43-46-49-52-55-58-65(75)81-68-67(77)66(76)64(59-72)80-70(68)79-60-61(62(73)56-53-50-47-44-41-21-18-15-12-9-6-3)71-69(78)63(74)57-54-51-48-45-42-39-37-27-25-23-20-17-14-11-8-5-2/h8,11,17,20,24-27,39,42,48,51,53,56,61-64,66-68,70,72-74,76-77H,4-7,9-10,12-16,18-19,21-23,28-38,40-41,43-47,49-50,52,54-55,57-60H2,1-3H3,(H,71,78)/b11-8-,20-17-,26-24+,27-25-,42-39-,51-48-,56-53+. The van der Waals surface area contributed by atoms with E-state index in [4.69, 9.17) is 14.2 Å². The minimum absolute atomic E-state index is 0.116. The van der Waals surface area contributed by atoms with Crippen LogP contribution in [0.5, 0.6) is 0 Å². The molecule has 1 heterocycles. The number of carbonyl (C=O) groups excluding carboxylic acids is 2. The molecule has 81 heavy (non-hydrogen) atoms. The van der Waals surface area contributed by atoms with Crippen LogP contribution in [0.1, 0.15) is 284 Å². The molecule has 11 nitrogen and oxygen atoms in total. The molecular formula is C70H123NO10. The highest BCUT2D eigenvalue weighted by Crippen LogP contribution is 2.26. The topological polar surface area (TPSA) is 175 Å². The van der Waals surface area contributed by atoms with E-state index < -0.39 is 67.4 Å². The third-order valence-electron chi connectivity index (χ3n) is 15.3. The molecule has 0 aromatic rings. The Hall–Kier alpha value is -3.16. The van der Waals surface area contributed by atoms with Crippen molar-refractivity contribution in [3.63, 3.8) is 0 Å². The minimum atomic E-state index is -1.63. The molecule has 0 aromatic carbocycles. The summed E-state index contributed by atoms with van der Waals surface area (Å²) in [5.41, 5.74) is 0. The molecular weight excluding hydrogens is 1010 g/mol. The fourth-order valence-corrected chi connectivity index (χ4v) is 10.0. The van der Waals surface area contributed by atoms with E-state index in [1.165, 1.54) is 161 Å². The zero-order chi connectivity index (χ0) is 58.9. The molecule has 1 aliphatic heterocycles. The quantitative estimate of drug-likeness (QED) is 0.0195. The van der Waals surface area contributed by atoms with Gasteiger partial charge in [0.25, 0.3) is 0 Å². The van der Waals surface area contributed by atoms with E-state index in [9.17, 15) is 35.1 Å². The minimum Gasteiger partial charge on any atom is -0.454 e. The van der Waals surface area contributed by atoms with Crippen molar-refractivity contribution in [1.82, 2.24) is 5.32 Å². The van der Waals surface area contributed by atoms with Gasteiger partial charge in [-0.2, -0.15) is 0 Å². The average molecular weight is 1140 g/mol. The van der Waals surface area contributed by atoms with E-state index in [0.717, 1.165) is 77.0 Å². The Morgan fingerprint density at radius 1 is 0.494 bits per heavy atom. The highest BCUT2D eigenvalue weighted by molar-refractivity contribution is 5.80. The van der Waals surface area contributed by atoms with Gasteiger partial charge in [0.2, 0.25) is 5.91 Å². The Balaban J connectivity index is 2.60. The molecule has 0 spiro atoms. The van der Waals surface area contributed by atoms with Crippen LogP contribution in [0, 0.1) is 0 Å². The van der Waals surface area contributed by atoms with E-state index in [-0.39, 0.29) is 19.4 Å². The van der Waals surface area contributed by atoms with Gasteiger partial charge in [0.15, 0.2) is 12.4 Å². The lowest BCUT2D eigenvalue weighted by molar-refractivity contribution is -0.305. The molecule has 8 atom stereocenters. The fourth-order valence-electron chi connectivity index (χ4n) is 10.0. The molecule has 0 saturated carbocycles. The second-order valence-electron chi connectivity index (χ2n) is 22.8. The van der Waals surface area contributed by atoms with E-state index in [1.807, 2.05) is 18.2 Å². The Morgan fingerprint density at radius 2 is 0.889 bits per heavy atom. The van der Waals surface area contributed by atoms with Crippen LogP contribution in [0.15, 0.2) is 85.1 Å². The number of hydrogen-bond acceptors (Lipinski definition) is 10. The summed E-state index contributed by atoms with van der Waals surface area (Å²) in [6.45, 7) is 5.64. The second kappa shape index (κ2) is 57.3. The number of hydrogen-bond donors (Lipinski definition) is 6. The van der Waals surface area contributed by atoms with Crippen molar-refractivity contribution < 1.29 is 49.3 Å². The van der Waals surface area contributed by atoms with Crippen LogP contribution in [0.25, 0.3) is 0 Å². The van der Waals surface area contributed by atoms with Crippen LogP contribution in [-0.2, 0) is 23.8 Å². The first kappa shape index (κ1) is 75.9. The summed E-state index contributed by atoms with van der Waals surface area (Å²) in [6, 6.07) is -1.06. The number of allylic oxidation sites excluding steroid dienone is 13. The lowest BCUT2D eigenvalue weighted by Crippen LogP contribution is -2.61. The predicted octanol–water partition coefficient (Wildman–Crippen LogP) is 16.5. The van der Waals surface area contributed by atoms with Crippen LogP contribution in [0.3, 0.4) is 0 Å². The van der Waals surface area contributed by atoms with Gasteiger partial charge in [0.1, 0.15) is 24.4 Å². The van der Waals surface area contributed by atoms with Gasteiger partial charge in [-0.05, 0) is 89.9 Å². The Labute approximate surface area is 495 Å². The summed E-state index contributed by atoms with van der Waals surface area (Å²) in [7, 11) is 0. The number of ether oxygens (including phenoxy) is 3. The molecule has 1 fully saturated rings. The van der Waals surface area contributed by atoms with Crippen molar-refractivity contribution in [3.05, 3.63) is 85.1 Å². The Morgan fingerprint density at radius 3 is 1.33 bits per heavy atom. The van der Waals surface area contributed by atoms with Gasteiger partial charge in [-0.15, -0.1) is 0 Å². The van der Waals surface area contributed by atoms with Gasteiger partial charge in [-0.1, -0.05) is 273 Å². The molecule has 1 aliphatic rings. The SMILES string of the molecule is CC/C=C\C/C=C\C/C=C\C/C=C\C/C=C\CCC(O)C(=O)NC(COC1OC(CO)C(O)C(O)C1OC(=O)CCCCCCCCCCCCCCCCC/C=C/CCCCCCCC)C(O)/C=C/CCCCCCCCCCC. The summed E-state index contributed by atoms with van der Waals surface area (Å²) < 4.78 is 17.6. The van der Waals surface area contributed by atoms with Gasteiger partial charge in [0, 0.05) is 6.42 Å². The van der Waals surface area contributed by atoms with Crippen molar-refractivity contribution in [1.29, 1.82) is 0 Å². The number of amides is 1. The lowest BCUT2D eigenvalue weighted by atomic mass is 9.99. The van der Waals surface area contributed by atoms with Crippen molar-refractivity contribution in [3.8, 4) is 0 Å². The fraction of sp³-hybridized carbons (Fsp3) is 0.771. The molecule has 0 aromatic heterocycles. The Kier molecular flexibility index (Phi) is 53.6. The third kappa shape index (κ3) is 45.0. The maximum Gasteiger partial charge on any atom is 0.306 e. The summed E-state index contributed by atoms with van der Waals surface area (Å²) in [5, 5.41) is 56.9. The molecule has 1 amide bonds. The van der Waals surface area contributed by atoms with Crippen LogP contribution in [-0.4, -0.2) is 99.6 Å². The van der Waals surface area contributed by atoms with Crippen molar-refractivity contribution >= 4 is 11.9 Å². The van der Waals surface area contributed by atoms with Crippen molar-refractivity contribution in [2.75, 3.05) is 13.2 Å². The third-order valence-corrected chi connectivity index (χ3v) is 15.3. The first-order valence-electron chi connectivity index (χ1n) is 33.4.